The highest BCUT2D eigenvalue weighted by Crippen LogP contribution is 2.42. The summed E-state index contributed by atoms with van der Waals surface area (Å²) in [6, 6.07) is 2.11. The molecule has 3 rings (SSSR count). The molecule has 2 aromatic heterocycles. The number of fused-ring (bicyclic) bond motifs is 1. The van der Waals surface area contributed by atoms with Crippen molar-refractivity contribution in [3.8, 4) is 6.07 Å². The van der Waals surface area contributed by atoms with Crippen molar-refractivity contribution in [3.63, 3.8) is 0 Å². The topological polar surface area (TPSA) is 151 Å². The first-order chi connectivity index (χ1) is 13.9. The molecule has 9 heteroatoms. The van der Waals surface area contributed by atoms with Gasteiger partial charge in [-0.25, -0.2) is 4.98 Å². The Labute approximate surface area is 170 Å². The van der Waals surface area contributed by atoms with Gasteiger partial charge in [0.1, 0.15) is 23.3 Å². The number of aliphatic imine (C=N–C) groups is 1. The van der Waals surface area contributed by atoms with Crippen LogP contribution >= 0.6 is 0 Å². The predicted octanol–water partition coefficient (Wildman–Crippen LogP) is 1.68. The molecule has 154 valence electrons. The van der Waals surface area contributed by atoms with Crippen molar-refractivity contribution in [2.75, 3.05) is 24.2 Å². The highest BCUT2D eigenvalue weighted by molar-refractivity contribution is 5.73. The third-order valence-corrected chi connectivity index (χ3v) is 5.31. The molecular formula is C20H28N8O. The number of anilines is 2. The SMILES string of the molecule is CCc1c(C)nn2c(N)c(C#N)c(NCC/C(N)=C/C=NC3(CCO)CC3)nc12. The summed E-state index contributed by atoms with van der Waals surface area (Å²) >= 11 is 0. The van der Waals surface area contributed by atoms with Crippen LogP contribution in [0.25, 0.3) is 5.65 Å². The molecule has 1 aliphatic rings. The lowest BCUT2D eigenvalue weighted by Crippen LogP contribution is -2.13. The Bertz CT molecular complexity index is 994. The minimum atomic E-state index is -0.0807. The summed E-state index contributed by atoms with van der Waals surface area (Å²) in [7, 11) is 0. The van der Waals surface area contributed by atoms with Gasteiger partial charge in [-0.1, -0.05) is 6.92 Å². The number of nitrogens with zero attached hydrogens (tertiary/aromatic N) is 5. The normalized spacial score (nSPS) is 15.7. The van der Waals surface area contributed by atoms with Gasteiger partial charge in [-0.05, 0) is 38.7 Å². The minimum absolute atomic E-state index is 0.0807. The number of aryl methyl sites for hydroxylation is 2. The maximum Gasteiger partial charge on any atom is 0.163 e. The van der Waals surface area contributed by atoms with Crippen LogP contribution in [0, 0.1) is 18.3 Å². The van der Waals surface area contributed by atoms with E-state index in [2.05, 4.69) is 26.5 Å². The van der Waals surface area contributed by atoms with E-state index < -0.39 is 0 Å². The number of rotatable bonds is 9. The number of nitriles is 1. The Morgan fingerprint density at radius 3 is 2.86 bits per heavy atom. The van der Waals surface area contributed by atoms with Crippen LogP contribution in [0.4, 0.5) is 11.6 Å². The average Bonchev–Trinajstić information content (AvgIpc) is 3.36. The van der Waals surface area contributed by atoms with Crippen LogP contribution in [0.5, 0.6) is 0 Å². The van der Waals surface area contributed by atoms with E-state index in [0.717, 1.165) is 30.5 Å². The van der Waals surface area contributed by atoms with Crippen LogP contribution in [0.1, 0.15) is 49.4 Å². The van der Waals surface area contributed by atoms with E-state index in [1.54, 1.807) is 12.3 Å². The number of nitrogens with two attached hydrogens (primary N) is 2. The van der Waals surface area contributed by atoms with Crippen LogP contribution in [0.15, 0.2) is 16.8 Å². The fraction of sp³-hybridized carbons (Fsp3) is 0.500. The second kappa shape index (κ2) is 8.49. The zero-order chi connectivity index (χ0) is 21.0. The monoisotopic (exact) mass is 396 g/mol. The second-order valence-corrected chi connectivity index (χ2v) is 7.38. The summed E-state index contributed by atoms with van der Waals surface area (Å²) in [5.74, 6) is 0.713. The molecule has 0 amide bonds. The fourth-order valence-electron chi connectivity index (χ4n) is 3.37. The molecule has 0 aromatic carbocycles. The maximum atomic E-state index is 9.52. The molecule has 0 unspecified atom stereocenters. The number of aliphatic hydroxyl groups excluding tert-OH is 1. The Morgan fingerprint density at radius 1 is 1.48 bits per heavy atom. The molecule has 1 fully saturated rings. The molecule has 0 bridgehead atoms. The molecule has 0 atom stereocenters. The largest absolute Gasteiger partial charge is 0.402 e. The smallest absolute Gasteiger partial charge is 0.163 e. The highest BCUT2D eigenvalue weighted by Gasteiger charge is 2.41. The Balaban J connectivity index is 1.69. The van der Waals surface area contributed by atoms with Crippen LogP contribution in [0.3, 0.4) is 0 Å². The Hall–Kier alpha value is -3.12. The summed E-state index contributed by atoms with van der Waals surface area (Å²) < 4.78 is 1.53. The molecule has 0 radical (unpaired) electrons. The molecule has 9 nitrogen and oxygen atoms in total. The van der Waals surface area contributed by atoms with E-state index in [1.807, 2.05) is 13.8 Å². The zero-order valence-corrected chi connectivity index (χ0v) is 16.9. The van der Waals surface area contributed by atoms with Gasteiger partial charge in [0, 0.05) is 37.0 Å². The predicted molar refractivity (Wildman–Crippen MR) is 114 cm³/mol. The van der Waals surface area contributed by atoms with Gasteiger partial charge < -0.3 is 21.9 Å². The number of nitrogens with one attached hydrogen (secondary N) is 1. The molecule has 1 saturated carbocycles. The standard InChI is InChI=1S/C20H28N8O/c1-3-15-13(2)27-28-17(23)16(12-21)18(26-19(15)28)24-9-4-14(22)5-10-25-20(6-7-20)8-11-29/h5,10,29H,3-4,6-9,11,22-23H2,1-2H3,(H,24,26)/b14-5-,25-10?. The molecule has 0 spiro atoms. The van der Waals surface area contributed by atoms with Crippen LogP contribution < -0.4 is 16.8 Å². The van der Waals surface area contributed by atoms with Gasteiger partial charge in [0.15, 0.2) is 5.65 Å². The number of hydrogen-bond acceptors (Lipinski definition) is 8. The quantitative estimate of drug-likeness (QED) is 0.471. The third kappa shape index (κ3) is 4.32. The molecule has 1 aliphatic carbocycles. The van der Waals surface area contributed by atoms with Crippen molar-refractivity contribution in [2.24, 2.45) is 10.7 Å². The summed E-state index contributed by atoms with van der Waals surface area (Å²) in [5.41, 5.74) is 15.6. The summed E-state index contributed by atoms with van der Waals surface area (Å²) in [5, 5.41) is 26.2. The van der Waals surface area contributed by atoms with Crippen molar-refractivity contribution in [2.45, 2.75) is 51.5 Å². The van der Waals surface area contributed by atoms with Gasteiger partial charge in [0.05, 0.1) is 11.2 Å². The summed E-state index contributed by atoms with van der Waals surface area (Å²) in [6.45, 7) is 4.60. The molecule has 29 heavy (non-hydrogen) atoms. The zero-order valence-electron chi connectivity index (χ0n) is 16.9. The first kappa shape index (κ1) is 20.6. The first-order valence-electron chi connectivity index (χ1n) is 9.87. The van der Waals surface area contributed by atoms with E-state index in [9.17, 15) is 5.26 Å². The lowest BCUT2D eigenvalue weighted by molar-refractivity contribution is 0.272. The van der Waals surface area contributed by atoms with E-state index in [-0.39, 0.29) is 23.5 Å². The molecule has 2 aromatic rings. The van der Waals surface area contributed by atoms with Crippen LogP contribution in [0.2, 0.25) is 0 Å². The summed E-state index contributed by atoms with van der Waals surface area (Å²) in [6.07, 6.45) is 7.57. The van der Waals surface area contributed by atoms with Gasteiger partial charge >= 0.3 is 0 Å². The van der Waals surface area contributed by atoms with Gasteiger partial charge in [0.2, 0.25) is 0 Å². The molecule has 6 N–H and O–H groups in total. The number of aliphatic hydroxyl groups is 1. The van der Waals surface area contributed by atoms with Crippen LogP contribution in [-0.2, 0) is 6.42 Å². The van der Waals surface area contributed by atoms with Gasteiger partial charge in [0.25, 0.3) is 0 Å². The summed E-state index contributed by atoms with van der Waals surface area (Å²) in [4.78, 5) is 9.11. The lowest BCUT2D eigenvalue weighted by Gasteiger charge is -2.11. The van der Waals surface area contributed by atoms with E-state index in [4.69, 9.17) is 16.6 Å². The van der Waals surface area contributed by atoms with Crippen molar-refractivity contribution in [1.82, 2.24) is 14.6 Å². The van der Waals surface area contributed by atoms with Crippen LogP contribution in [-0.4, -0.2) is 44.6 Å². The van der Waals surface area contributed by atoms with Gasteiger partial charge in [-0.3, -0.25) is 4.99 Å². The van der Waals surface area contributed by atoms with E-state index in [0.29, 0.717) is 36.5 Å². The lowest BCUT2D eigenvalue weighted by atomic mass is 10.2. The van der Waals surface area contributed by atoms with Gasteiger partial charge in [-0.15, -0.1) is 0 Å². The van der Waals surface area contributed by atoms with Crippen molar-refractivity contribution in [3.05, 3.63) is 28.6 Å². The Kier molecular flexibility index (Phi) is 6.03. The molecular weight excluding hydrogens is 368 g/mol. The third-order valence-electron chi connectivity index (χ3n) is 5.31. The first-order valence-corrected chi connectivity index (χ1v) is 9.87. The molecule has 0 aliphatic heterocycles. The number of nitrogen functional groups attached to an aromatic ring is 1. The molecule has 2 heterocycles. The van der Waals surface area contributed by atoms with Crippen molar-refractivity contribution < 1.29 is 5.11 Å². The highest BCUT2D eigenvalue weighted by atomic mass is 16.3. The van der Waals surface area contributed by atoms with E-state index >= 15 is 0 Å². The fourth-order valence-corrected chi connectivity index (χ4v) is 3.37. The van der Waals surface area contributed by atoms with Crippen molar-refractivity contribution >= 4 is 23.5 Å². The van der Waals surface area contributed by atoms with E-state index in [1.165, 1.54) is 4.52 Å². The number of hydrogen-bond donors (Lipinski definition) is 4. The molecule has 0 saturated heterocycles. The van der Waals surface area contributed by atoms with Crippen molar-refractivity contribution in [1.29, 1.82) is 5.26 Å². The maximum absolute atomic E-state index is 9.52. The Morgan fingerprint density at radius 2 is 2.24 bits per heavy atom. The average molecular weight is 396 g/mol. The van der Waals surface area contributed by atoms with Gasteiger partial charge in [-0.2, -0.15) is 14.9 Å². The number of allylic oxidation sites excluding steroid dienone is 1. The second-order valence-electron chi connectivity index (χ2n) is 7.38. The number of aromatic nitrogens is 3. The minimum Gasteiger partial charge on any atom is -0.402 e.